The first-order chi connectivity index (χ1) is 21.0. The van der Waals surface area contributed by atoms with E-state index in [4.69, 9.17) is 4.74 Å². The van der Waals surface area contributed by atoms with Gasteiger partial charge in [-0.2, -0.15) is 0 Å². The Bertz CT molecular complexity index is 1540. The second-order valence-corrected chi connectivity index (χ2v) is 13.0. The van der Waals surface area contributed by atoms with Gasteiger partial charge in [0.15, 0.2) is 5.78 Å². The van der Waals surface area contributed by atoms with E-state index in [1.165, 1.54) is 0 Å². The highest BCUT2D eigenvalue weighted by Crippen LogP contribution is 2.56. The number of aliphatic hydroxyl groups is 2. The van der Waals surface area contributed by atoms with Gasteiger partial charge in [-0.05, 0) is 47.6 Å². The fraction of sp³-hybridized carbons (Fsp3) is 0.333. The summed E-state index contributed by atoms with van der Waals surface area (Å²) in [7, 11) is 0. The van der Waals surface area contributed by atoms with E-state index in [-0.39, 0.29) is 31.0 Å². The van der Waals surface area contributed by atoms with Gasteiger partial charge in [0.05, 0.1) is 12.2 Å². The molecule has 1 unspecified atom stereocenters. The van der Waals surface area contributed by atoms with Crippen LogP contribution in [0.5, 0.6) is 0 Å². The lowest BCUT2D eigenvalue weighted by atomic mass is 9.56. The molecule has 1 saturated carbocycles. The molecular formula is C39H40O5. The van der Waals surface area contributed by atoms with Gasteiger partial charge in [0.25, 0.3) is 0 Å². The molecule has 0 saturated heterocycles. The summed E-state index contributed by atoms with van der Waals surface area (Å²) < 4.78 is 7.10. The molecule has 0 aromatic heterocycles. The molecular weight excluding hydrogens is 548 g/mol. The minimum absolute atomic E-state index is 0.0125. The molecule has 3 aromatic carbocycles. The third-order valence-electron chi connectivity index (χ3n) is 10.2. The van der Waals surface area contributed by atoms with Gasteiger partial charge in [-0.15, -0.1) is 0 Å². The molecule has 0 amide bonds. The van der Waals surface area contributed by atoms with Gasteiger partial charge < -0.3 is 14.9 Å². The molecule has 0 heterocycles. The predicted octanol–water partition coefficient (Wildman–Crippen LogP) is 6.35. The van der Waals surface area contributed by atoms with Crippen molar-refractivity contribution >= 4 is 11.6 Å². The van der Waals surface area contributed by atoms with Gasteiger partial charge in [0.2, 0.25) is 0 Å². The number of allylic oxidation sites excluding steroid dienone is 1. The highest BCUT2D eigenvalue weighted by atomic mass is 16.5. The normalized spacial score (nSPS) is 30.1. The van der Waals surface area contributed by atoms with Gasteiger partial charge in [0.1, 0.15) is 17.0 Å². The van der Waals surface area contributed by atoms with Crippen LogP contribution in [0.1, 0.15) is 50.3 Å². The Kier molecular flexibility index (Phi) is 7.69. The molecule has 1 fully saturated rings. The number of carbonyl (C=O) groups excluding carboxylic acids is 2. The zero-order valence-corrected chi connectivity index (χ0v) is 25.6. The minimum atomic E-state index is -1.86. The van der Waals surface area contributed by atoms with Crippen molar-refractivity contribution in [3.8, 4) is 0 Å². The van der Waals surface area contributed by atoms with Crippen LogP contribution in [-0.4, -0.2) is 39.6 Å². The van der Waals surface area contributed by atoms with Gasteiger partial charge in [-0.25, -0.2) is 0 Å². The van der Waals surface area contributed by atoms with Gasteiger partial charge in [-0.3, -0.25) is 9.59 Å². The van der Waals surface area contributed by atoms with E-state index < -0.39 is 40.5 Å². The number of rotatable bonds is 7. The van der Waals surface area contributed by atoms with Crippen LogP contribution in [0, 0.1) is 23.7 Å². The van der Waals surface area contributed by atoms with Crippen molar-refractivity contribution in [3.63, 3.8) is 0 Å². The monoisotopic (exact) mass is 588 g/mol. The second kappa shape index (κ2) is 11.2. The first-order valence-corrected chi connectivity index (χ1v) is 15.4. The van der Waals surface area contributed by atoms with Crippen molar-refractivity contribution in [3.05, 3.63) is 143 Å². The highest BCUT2D eigenvalue weighted by Gasteiger charge is 2.65. The summed E-state index contributed by atoms with van der Waals surface area (Å²) in [4.78, 5) is 27.1. The van der Waals surface area contributed by atoms with E-state index in [0.717, 1.165) is 16.7 Å². The van der Waals surface area contributed by atoms with E-state index >= 15 is 0 Å². The maximum atomic E-state index is 13.6. The van der Waals surface area contributed by atoms with Crippen molar-refractivity contribution < 1.29 is 24.5 Å². The van der Waals surface area contributed by atoms with Crippen LogP contribution in [0.15, 0.2) is 126 Å². The Morgan fingerprint density at radius 2 is 1.39 bits per heavy atom. The Hall–Kier alpha value is -3.90. The maximum Gasteiger partial charge on any atom is 0.190 e. The fourth-order valence-corrected chi connectivity index (χ4v) is 8.09. The molecule has 0 aliphatic heterocycles. The van der Waals surface area contributed by atoms with Crippen LogP contribution in [0.2, 0.25) is 0 Å². The highest BCUT2D eigenvalue weighted by molar-refractivity contribution is 6.05. The number of hydrogen-bond donors (Lipinski definition) is 2. The van der Waals surface area contributed by atoms with E-state index in [9.17, 15) is 19.8 Å². The van der Waals surface area contributed by atoms with E-state index in [0.29, 0.717) is 16.7 Å². The Morgan fingerprint density at radius 1 is 0.886 bits per heavy atom. The van der Waals surface area contributed by atoms with Gasteiger partial charge in [-0.1, -0.05) is 122 Å². The second-order valence-electron chi connectivity index (χ2n) is 13.0. The first-order valence-electron chi connectivity index (χ1n) is 15.4. The third kappa shape index (κ3) is 4.57. The molecule has 2 N–H and O–H groups in total. The molecule has 3 aromatic rings. The maximum absolute atomic E-state index is 13.6. The summed E-state index contributed by atoms with van der Waals surface area (Å²) in [6, 6.07) is 30.0. The van der Waals surface area contributed by atoms with Crippen LogP contribution in [0.3, 0.4) is 0 Å². The van der Waals surface area contributed by atoms with Crippen molar-refractivity contribution in [1.29, 1.82) is 0 Å². The molecule has 3 aliphatic carbocycles. The lowest BCUT2D eigenvalue weighted by molar-refractivity contribution is -0.176. The number of Topliss-reactive ketones (excluding diaryl/α,β-unsaturated/α-hetero) is 2. The Labute approximate surface area is 259 Å². The average Bonchev–Trinajstić information content (AvgIpc) is 3.19. The smallest absolute Gasteiger partial charge is 0.190 e. The SMILES string of the molecule is C=C(C)C1C(=O)C[C@@H](C)[C@@]2(O)[C@H]1C=C(COC(c1ccccc1)(c1ccccc1)c1ccccc1)C[C@]1(O)C(=O)C(C)=C[C@@H]21. The van der Waals surface area contributed by atoms with Crippen molar-refractivity contribution in [1.82, 2.24) is 0 Å². The first kappa shape index (κ1) is 30.1. The largest absolute Gasteiger partial charge is 0.388 e. The molecule has 5 nitrogen and oxygen atoms in total. The van der Waals surface area contributed by atoms with Gasteiger partial charge in [0, 0.05) is 30.6 Å². The third-order valence-corrected chi connectivity index (χ3v) is 10.2. The molecule has 3 aliphatic rings. The molecule has 0 bridgehead atoms. The average molecular weight is 589 g/mol. The van der Waals surface area contributed by atoms with Crippen LogP contribution < -0.4 is 0 Å². The molecule has 44 heavy (non-hydrogen) atoms. The number of benzene rings is 3. The summed E-state index contributed by atoms with van der Waals surface area (Å²) in [6.45, 7) is 9.52. The summed E-state index contributed by atoms with van der Waals surface area (Å²) in [5.41, 5.74) is 0.117. The number of ketones is 2. The number of fused-ring (bicyclic) bond motifs is 3. The molecule has 5 heteroatoms. The standard InChI is InChI=1S/C39H40O5/c1-25(2)35-32-22-28(23-37(42)34(20-26(3)36(37)41)38(32,43)27(4)21-33(35)40)24-44-39(29-14-8-5-9-15-29,30-16-10-6-11-17-30)31-18-12-7-13-19-31/h5-20,22,27,32,34-35,42-43H,1,21,23-24H2,2-4H3/t27-,32+,34-,35?,37-,38-/m1/s1. The van der Waals surface area contributed by atoms with Crippen molar-refractivity contribution in [2.75, 3.05) is 6.61 Å². The zero-order chi connectivity index (χ0) is 31.3. The summed E-state index contributed by atoms with van der Waals surface area (Å²) in [5, 5.41) is 24.8. The molecule has 6 atom stereocenters. The topological polar surface area (TPSA) is 83.8 Å². The molecule has 226 valence electrons. The number of ether oxygens (including phenoxy) is 1. The van der Waals surface area contributed by atoms with Crippen LogP contribution in [0.25, 0.3) is 0 Å². The summed E-state index contributed by atoms with van der Waals surface area (Å²) in [5.74, 6) is -3.04. The van der Waals surface area contributed by atoms with Crippen LogP contribution >= 0.6 is 0 Å². The van der Waals surface area contributed by atoms with Crippen LogP contribution in [-0.2, 0) is 19.9 Å². The summed E-state index contributed by atoms with van der Waals surface area (Å²) >= 11 is 0. The molecule has 0 radical (unpaired) electrons. The van der Waals surface area contributed by atoms with E-state index in [1.54, 1.807) is 13.0 Å². The van der Waals surface area contributed by atoms with Crippen LogP contribution in [0.4, 0.5) is 0 Å². The fourth-order valence-electron chi connectivity index (χ4n) is 8.09. The number of carbonyl (C=O) groups is 2. The van der Waals surface area contributed by atoms with Crippen molar-refractivity contribution in [2.24, 2.45) is 23.7 Å². The summed E-state index contributed by atoms with van der Waals surface area (Å²) in [6.07, 6.45) is 3.76. The predicted molar refractivity (Wildman–Crippen MR) is 171 cm³/mol. The van der Waals surface area contributed by atoms with E-state index in [2.05, 4.69) is 6.58 Å². The zero-order valence-electron chi connectivity index (χ0n) is 25.6. The number of hydrogen-bond acceptors (Lipinski definition) is 5. The minimum Gasteiger partial charge on any atom is -0.388 e. The Morgan fingerprint density at radius 3 is 1.86 bits per heavy atom. The lowest BCUT2D eigenvalue weighted by Crippen LogP contribution is -2.62. The Balaban J connectivity index is 1.52. The molecule has 0 spiro atoms. The lowest BCUT2D eigenvalue weighted by Gasteiger charge is -2.51. The van der Waals surface area contributed by atoms with Crippen molar-refractivity contribution in [2.45, 2.75) is 50.4 Å². The van der Waals surface area contributed by atoms with E-state index in [1.807, 2.05) is 111 Å². The quantitative estimate of drug-likeness (QED) is 0.248. The van der Waals surface area contributed by atoms with Gasteiger partial charge >= 0.3 is 0 Å². The molecule has 6 rings (SSSR count).